The zero-order valence-electron chi connectivity index (χ0n) is 10.5. The molecule has 18 heavy (non-hydrogen) atoms. The molecule has 6 heteroatoms. The van der Waals surface area contributed by atoms with Gasteiger partial charge < -0.3 is 16.2 Å². The molecule has 1 unspecified atom stereocenters. The van der Waals surface area contributed by atoms with Gasteiger partial charge in [0.05, 0.1) is 23.4 Å². The normalized spacial score (nSPS) is 12.5. The Morgan fingerprint density at radius 2 is 2.28 bits per heavy atom. The number of nitrogen functional groups attached to an aromatic ring is 1. The van der Waals surface area contributed by atoms with E-state index in [1.807, 2.05) is 0 Å². The Morgan fingerprint density at radius 1 is 1.61 bits per heavy atom. The third-order valence-electron chi connectivity index (χ3n) is 2.76. The van der Waals surface area contributed by atoms with Crippen LogP contribution < -0.4 is 11.1 Å². The summed E-state index contributed by atoms with van der Waals surface area (Å²) in [6.07, 6.45) is 0. The zero-order chi connectivity index (χ0) is 13.7. The number of hydrogen-bond donors (Lipinski definition) is 3. The maximum absolute atomic E-state index is 11.9. The molecule has 0 fully saturated rings. The average Bonchev–Trinajstić information content (AvgIpc) is 2.33. The highest BCUT2D eigenvalue weighted by atomic mass is 35.5. The summed E-state index contributed by atoms with van der Waals surface area (Å²) < 4.78 is 0. The zero-order valence-corrected chi connectivity index (χ0v) is 11.2. The number of nitrogens with one attached hydrogen (secondary N) is 1. The van der Waals surface area contributed by atoms with Crippen LogP contribution in [0.15, 0.2) is 18.2 Å². The topological polar surface area (TPSA) is 78.6 Å². The van der Waals surface area contributed by atoms with Gasteiger partial charge in [0.2, 0.25) is 5.91 Å². The fraction of sp³-hybridized carbons (Fsp3) is 0.417. The van der Waals surface area contributed by atoms with Gasteiger partial charge >= 0.3 is 0 Å². The van der Waals surface area contributed by atoms with Gasteiger partial charge in [0.1, 0.15) is 0 Å². The van der Waals surface area contributed by atoms with Crippen LogP contribution in [0.25, 0.3) is 0 Å². The number of amides is 1. The monoisotopic (exact) mass is 271 g/mol. The van der Waals surface area contributed by atoms with Crippen molar-refractivity contribution < 1.29 is 9.90 Å². The number of halogens is 1. The minimum Gasteiger partial charge on any atom is -0.397 e. The molecule has 0 aliphatic carbocycles. The first-order valence-electron chi connectivity index (χ1n) is 5.62. The molecule has 1 aromatic rings. The lowest BCUT2D eigenvalue weighted by atomic mass is 10.2. The van der Waals surface area contributed by atoms with Crippen LogP contribution in [0.3, 0.4) is 0 Å². The Bertz CT molecular complexity index is 426. The van der Waals surface area contributed by atoms with E-state index in [-0.39, 0.29) is 18.6 Å². The number of hydrogen-bond acceptors (Lipinski definition) is 4. The van der Waals surface area contributed by atoms with Crippen molar-refractivity contribution in [2.45, 2.75) is 13.0 Å². The second kappa shape index (κ2) is 6.58. The molecule has 0 radical (unpaired) electrons. The summed E-state index contributed by atoms with van der Waals surface area (Å²) in [5.41, 5.74) is 6.68. The lowest BCUT2D eigenvalue weighted by Crippen LogP contribution is -2.40. The number of aliphatic hydroxyl groups excluding tert-OH is 1. The highest BCUT2D eigenvalue weighted by molar-refractivity contribution is 6.33. The maximum atomic E-state index is 11.9. The van der Waals surface area contributed by atoms with Gasteiger partial charge in [-0.1, -0.05) is 11.6 Å². The lowest BCUT2D eigenvalue weighted by molar-refractivity contribution is -0.120. The molecule has 1 rings (SSSR count). The van der Waals surface area contributed by atoms with E-state index in [1.165, 1.54) is 0 Å². The van der Waals surface area contributed by atoms with E-state index in [0.717, 1.165) is 0 Å². The standard InChI is InChI=1S/C12H18ClN3O2/c1-8(16(2)5-6-17)12(18)15-9-3-4-10(13)11(14)7-9/h3-4,7-8,17H,5-6,14H2,1-2H3,(H,15,18). The largest absolute Gasteiger partial charge is 0.397 e. The number of benzene rings is 1. The summed E-state index contributed by atoms with van der Waals surface area (Å²) in [4.78, 5) is 13.7. The summed E-state index contributed by atoms with van der Waals surface area (Å²) in [5.74, 6) is -0.160. The van der Waals surface area contributed by atoms with Crippen molar-refractivity contribution in [3.8, 4) is 0 Å². The highest BCUT2D eigenvalue weighted by Crippen LogP contribution is 2.22. The SMILES string of the molecule is CC(C(=O)Nc1ccc(Cl)c(N)c1)N(C)CCO. The fourth-order valence-electron chi connectivity index (χ4n) is 1.42. The van der Waals surface area contributed by atoms with Crippen molar-refractivity contribution in [2.24, 2.45) is 0 Å². The number of carbonyl (C=O) groups is 1. The van der Waals surface area contributed by atoms with Crippen molar-refractivity contribution >= 4 is 28.9 Å². The molecule has 1 aromatic carbocycles. The second-order valence-corrected chi connectivity index (χ2v) is 4.51. The molecule has 0 bridgehead atoms. The van der Waals surface area contributed by atoms with Crippen LogP contribution in [0.1, 0.15) is 6.92 Å². The third-order valence-corrected chi connectivity index (χ3v) is 3.10. The molecule has 1 amide bonds. The number of nitrogens with two attached hydrogens (primary N) is 1. The predicted octanol–water partition coefficient (Wildman–Crippen LogP) is 1.17. The van der Waals surface area contributed by atoms with Gasteiger partial charge in [-0.25, -0.2) is 0 Å². The van der Waals surface area contributed by atoms with Crippen LogP contribution in [0.4, 0.5) is 11.4 Å². The molecule has 0 saturated carbocycles. The van der Waals surface area contributed by atoms with E-state index in [9.17, 15) is 4.79 Å². The van der Waals surface area contributed by atoms with Crippen molar-refractivity contribution in [2.75, 3.05) is 31.2 Å². The summed E-state index contributed by atoms with van der Waals surface area (Å²) in [5, 5.41) is 12.0. The maximum Gasteiger partial charge on any atom is 0.241 e. The molecule has 1 atom stereocenters. The third kappa shape index (κ3) is 3.87. The molecule has 0 saturated heterocycles. The van der Waals surface area contributed by atoms with Crippen LogP contribution in [-0.4, -0.2) is 42.2 Å². The average molecular weight is 272 g/mol. The summed E-state index contributed by atoms with van der Waals surface area (Å²) in [7, 11) is 1.77. The predicted molar refractivity (Wildman–Crippen MR) is 73.7 cm³/mol. The second-order valence-electron chi connectivity index (χ2n) is 4.11. The Balaban J connectivity index is 2.66. The minimum atomic E-state index is -0.339. The highest BCUT2D eigenvalue weighted by Gasteiger charge is 2.17. The van der Waals surface area contributed by atoms with E-state index in [2.05, 4.69) is 5.32 Å². The van der Waals surface area contributed by atoms with E-state index in [4.69, 9.17) is 22.4 Å². The van der Waals surface area contributed by atoms with E-state index in [1.54, 1.807) is 37.1 Å². The van der Waals surface area contributed by atoms with Gasteiger partial charge in [0.15, 0.2) is 0 Å². The molecule has 0 aliphatic heterocycles. The van der Waals surface area contributed by atoms with Gasteiger partial charge in [-0.3, -0.25) is 9.69 Å². The van der Waals surface area contributed by atoms with Crippen LogP contribution >= 0.6 is 11.6 Å². The van der Waals surface area contributed by atoms with Gasteiger partial charge in [-0.05, 0) is 32.2 Å². The number of carbonyl (C=O) groups excluding carboxylic acids is 1. The Hall–Kier alpha value is -1.30. The van der Waals surface area contributed by atoms with E-state index in [0.29, 0.717) is 22.9 Å². The summed E-state index contributed by atoms with van der Waals surface area (Å²) in [6.45, 7) is 2.23. The van der Waals surface area contributed by atoms with Crippen molar-refractivity contribution in [1.82, 2.24) is 4.90 Å². The van der Waals surface area contributed by atoms with E-state index >= 15 is 0 Å². The number of anilines is 2. The molecule has 0 spiro atoms. The fourth-order valence-corrected chi connectivity index (χ4v) is 1.54. The van der Waals surface area contributed by atoms with Crippen molar-refractivity contribution in [1.29, 1.82) is 0 Å². The molecule has 0 aliphatic rings. The van der Waals surface area contributed by atoms with Gasteiger partial charge in [-0.15, -0.1) is 0 Å². The van der Waals surface area contributed by atoms with Gasteiger partial charge in [-0.2, -0.15) is 0 Å². The van der Waals surface area contributed by atoms with Gasteiger partial charge in [0, 0.05) is 12.2 Å². The number of aliphatic hydroxyl groups is 1. The Labute approximate surface area is 112 Å². The first-order valence-corrected chi connectivity index (χ1v) is 6.00. The molecule has 4 N–H and O–H groups in total. The molecule has 100 valence electrons. The Kier molecular flexibility index (Phi) is 5.40. The molecular weight excluding hydrogens is 254 g/mol. The van der Waals surface area contributed by atoms with Crippen LogP contribution in [0.2, 0.25) is 5.02 Å². The molecule has 5 nitrogen and oxygen atoms in total. The number of likely N-dealkylation sites (N-methyl/N-ethyl adjacent to an activating group) is 1. The molecular formula is C12H18ClN3O2. The molecule has 0 aromatic heterocycles. The van der Waals surface area contributed by atoms with Crippen molar-refractivity contribution in [3.05, 3.63) is 23.2 Å². The summed E-state index contributed by atoms with van der Waals surface area (Å²) >= 11 is 5.80. The van der Waals surface area contributed by atoms with Crippen LogP contribution in [-0.2, 0) is 4.79 Å². The first kappa shape index (κ1) is 14.8. The first-order chi connectivity index (χ1) is 8.45. The Morgan fingerprint density at radius 3 is 2.83 bits per heavy atom. The number of nitrogens with zero attached hydrogens (tertiary/aromatic N) is 1. The minimum absolute atomic E-state index is 0.0159. The van der Waals surface area contributed by atoms with Crippen molar-refractivity contribution in [3.63, 3.8) is 0 Å². The van der Waals surface area contributed by atoms with E-state index < -0.39 is 0 Å². The van der Waals surface area contributed by atoms with Crippen LogP contribution in [0.5, 0.6) is 0 Å². The summed E-state index contributed by atoms with van der Waals surface area (Å²) in [6, 6.07) is 4.59. The number of rotatable bonds is 5. The smallest absolute Gasteiger partial charge is 0.241 e. The lowest BCUT2D eigenvalue weighted by Gasteiger charge is -2.22. The van der Waals surface area contributed by atoms with Gasteiger partial charge in [0.25, 0.3) is 0 Å². The molecule has 0 heterocycles. The quantitative estimate of drug-likeness (QED) is 0.703. The van der Waals surface area contributed by atoms with Crippen LogP contribution in [0, 0.1) is 0 Å².